The number of rotatable bonds is 6. The molecule has 0 radical (unpaired) electrons. The van der Waals surface area contributed by atoms with E-state index in [1.807, 2.05) is 19.0 Å². The van der Waals surface area contributed by atoms with Crippen molar-refractivity contribution in [2.45, 2.75) is 0 Å². The van der Waals surface area contributed by atoms with Crippen LogP contribution in [0.15, 0.2) is 12.3 Å². The quantitative estimate of drug-likeness (QED) is 0.839. The number of aromatic nitrogens is 1. The summed E-state index contributed by atoms with van der Waals surface area (Å²) in [5.41, 5.74) is 0.380. The SMILES string of the molecule is CN(C)CCN(CC(=O)O)C(=O)c1cc(Cl)cn1C. The van der Waals surface area contributed by atoms with Gasteiger partial charge in [-0.15, -0.1) is 0 Å². The van der Waals surface area contributed by atoms with Gasteiger partial charge in [-0.05, 0) is 20.2 Å². The third-order valence-electron chi connectivity index (χ3n) is 2.62. The van der Waals surface area contributed by atoms with Gasteiger partial charge in [0.15, 0.2) is 0 Å². The van der Waals surface area contributed by atoms with Crippen LogP contribution in [0.2, 0.25) is 5.02 Å². The van der Waals surface area contributed by atoms with Gasteiger partial charge in [-0.25, -0.2) is 0 Å². The van der Waals surface area contributed by atoms with E-state index in [1.165, 1.54) is 11.0 Å². The lowest BCUT2D eigenvalue weighted by atomic mass is 10.3. The molecule has 1 aromatic heterocycles. The molecular weight excluding hydrogens is 270 g/mol. The van der Waals surface area contributed by atoms with Gasteiger partial charge in [0.2, 0.25) is 0 Å². The number of amides is 1. The average Bonchev–Trinajstić information content (AvgIpc) is 2.62. The number of hydrogen-bond acceptors (Lipinski definition) is 3. The Kier molecular flexibility index (Phi) is 5.38. The molecule has 1 aromatic rings. The Balaban J connectivity index is 2.87. The van der Waals surface area contributed by atoms with Gasteiger partial charge in [0, 0.05) is 26.3 Å². The number of carboxylic acids is 1. The molecule has 0 atom stereocenters. The minimum Gasteiger partial charge on any atom is -0.480 e. The van der Waals surface area contributed by atoms with Gasteiger partial charge in [0.05, 0.1) is 5.02 Å². The number of aryl methyl sites for hydroxylation is 1. The van der Waals surface area contributed by atoms with Crippen molar-refractivity contribution in [3.63, 3.8) is 0 Å². The fourth-order valence-electron chi connectivity index (χ4n) is 1.64. The molecule has 0 saturated heterocycles. The highest BCUT2D eigenvalue weighted by Gasteiger charge is 2.21. The lowest BCUT2D eigenvalue weighted by molar-refractivity contribution is -0.137. The van der Waals surface area contributed by atoms with Crippen LogP contribution in [0.3, 0.4) is 0 Å². The summed E-state index contributed by atoms with van der Waals surface area (Å²) in [7, 11) is 5.43. The van der Waals surface area contributed by atoms with Crippen LogP contribution in [-0.2, 0) is 11.8 Å². The number of hydrogen-bond donors (Lipinski definition) is 1. The van der Waals surface area contributed by atoms with Crippen molar-refractivity contribution in [1.82, 2.24) is 14.4 Å². The van der Waals surface area contributed by atoms with Crippen LogP contribution in [0.1, 0.15) is 10.5 Å². The first-order chi connectivity index (χ1) is 8.81. The van der Waals surface area contributed by atoms with E-state index in [0.717, 1.165) is 0 Å². The Morgan fingerprint density at radius 1 is 1.37 bits per heavy atom. The van der Waals surface area contributed by atoms with Crippen molar-refractivity contribution in [3.05, 3.63) is 23.0 Å². The highest BCUT2D eigenvalue weighted by atomic mass is 35.5. The summed E-state index contributed by atoms with van der Waals surface area (Å²) >= 11 is 5.83. The van der Waals surface area contributed by atoms with Gasteiger partial charge in [-0.1, -0.05) is 11.6 Å². The Morgan fingerprint density at radius 2 is 2.00 bits per heavy atom. The van der Waals surface area contributed by atoms with Crippen LogP contribution < -0.4 is 0 Å². The molecule has 0 bridgehead atoms. The molecule has 0 fully saturated rings. The smallest absolute Gasteiger partial charge is 0.323 e. The minimum absolute atomic E-state index is 0.324. The first-order valence-electron chi connectivity index (χ1n) is 5.79. The lowest BCUT2D eigenvalue weighted by Gasteiger charge is -2.22. The van der Waals surface area contributed by atoms with Crippen LogP contribution >= 0.6 is 11.6 Å². The number of carbonyl (C=O) groups excluding carboxylic acids is 1. The van der Waals surface area contributed by atoms with Gasteiger partial charge < -0.3 is 19.5 Å². The number of likely N-dealkylation sites (N-methyl/N-ethyl adjacent to an activating group) is 1. The summed E-state index contributed by atoms with van der Waals surface area (Å²) in [6.45, 7) is 0.619. The summed E-state index contributed by atoms with van der Waals surface area (Å²) in [4.78, 5) is 26.3. The van der Waals surface area contributed by atoms with E-state index in [4.69, 9.17) is 16.7 Å². The molecule has 0 aromatic carbocycles. The van der Waals surface area contributed by atoms with E-state index in [9.17, 15) is 9.59 Å². The summed E-state index contributed by atoms with van der Waals surface area (Å²) < 4.78 is 1.59. The fraction of sp³-hybridized carbons (Fsp3) is 0.500. The molecule has 1 heterocycles. The maximum atomic E-state index is 12.3. The molecule has 0 aliphatic carbocycles. The number of halogens is 1. The van der Waals surface area contributed by atoms with Crippen LogP contribution in [0.25, 0.3) is 0 Å². The second-order valence-electron chi connectivity index (χ2n) is 4.58. The average molecular weight is 288 g/mol. The van der Waals surface area contributed by atoms with E-state index >= 15 is 0 Å². The predicted molar refractivity (Wildman–Crippen MR) is 72.5 cm³/mol. The van der Waals surface area contributed by atoms with E-state index in [2.05, 4.69) is 0 Å². The van der Waals surface area contributed by atoms with Crippen molar-refractivity contribution >= 4 is 23.5 Å². The van der Waals surface area contributed by atoms with E-state index in [-0.39, 0.29) is 12.5 Å². The van der Waals surface area contributed by atoms with Gasteiger partial charge >= 0.3 is 5.97 Å². The van der Waals surface area contributed by atoms with Gasteiger partial charge in [-0.3, -0.25) is 9.59 Å². The molecule has 0 unspecified atom stereocenters. The second kappa shape index (κ2) is 6.58. The van der Waals surface area contributed by atoms with Crippen molar-refractivity contribution in [1.29, 1.82) is 0 Å². The summed E-state index contributed by atoms with van der Waals surface area (Å²) in [6.07, 6.45) is 1.61. The molecule has 1 rings (SSSR count). The van der Waals surface area contributed by atoms with Crippen LogP contribution in [0, 0.1) is 0 Å². The monoisotopic (exact) mass is 287 g/mol. The van der Waals surface area contributed by atoms with Gasteiger partial charge in [0.25, 0.3) is 5.91 Å². The highest BCUT2D eigenvalue weighted by molar-refractivity contribution is 6.31. The van der Waals surface area contributed by atoms with Crippen molar-refractivity contribution in [3.8, 4) is 0 Å². The van der Waals surface area contributed by atoms with E-state index in [1.54, 1.807) is 17.8 Å². The molecule has 0 aliphatic heterocycles. The minimum atomic E-state index is -1.03. The maximum absolute atomic E-state index is 12.3. The largest absolute Gasteiger partial charge is 0.480 e. The molecule has 0 spiro atoms. The summed E-state index contributed by atoms with van der Waals surface area (Å²) in [5.74, 6) is -1.37. The standard InChI is InChI=1S/C12H18ClN3O3/c1-14(2)4-5-16(8-11(17)18)12(19)10-6-9(13)7-15(10)3/h6-7H,4-5,8H2,1-3H3,(H,17,18). The van der Waals surface area contributed by atoms with Crippen LogP contribution in [0.5, 0.6) is 0 Å². The molecule has 0 aliphatic rings. The van der Waals surface area contributed by atoms with E-state index in [0.29, 0.717) is 23.8 Å². The zero-order valence-electron chi connectivity index (χ0n) is 11.3. The molecular formula is C12H18ClN3O3. The normalized spacial score (nSPS) is 10.8. The molecule has 6 nitrogen and oxygen atoms in total. The number of aliphatic carboxylic acids is 1. The third-order valence-corrected chi connectivity index (χ3v) is 2.83. The predicted octanol–water partition coefficient (Wildman–Crippen LogP) is 0.767. The summed E-state index contributed by atoms with van der Waals surface area (Å²) in [5, 5.41) is 9.33. The van der Waals surface area contributed by atoms with Gasteiger partial charge in [0.1, 0.15) is 12.2 Å². The lowest BCUT2D eigenvalue weighted by Crippen LogP contribution is -2.40. The molecule has 0 saturated carbocycles. The van der Waals surface area contributed by atoms with Crippen LogP contribution in [-0.4, -0.2) is 65.1 Å². The van der Waals surface area contributed by atoms with Gasteiger partial charge in [-0.2, -0.15) is 0 Å². The molecule has 1 N–H and O–H groups in total. The molecule has 7 heteroatoms. The molecule has 1 amide bonds. The Labute approximate surface area is 117 Å². The molecule has 106 valence electrons. The van der Waals surface area contributed by atoms with Crippen molar-refractivity contribution in [2.75, 3.05) is 33.7 Å². The van der Waals surface area contributed by atoms with Crippen molar-refractivity contribution < 1.29 is 14.7 Å². The third kappa shape index (κ3) is 4.57. The topological polar surface area (TPSA) is 65.8 Å². The summed E-state index contributed by atoms with van der Waals surface area (Å²) in [6, 6.07) is 1.54. The first kappa shape index (κ1) is 15.5. The maximum Gasteiger partial charge on any atom is 0.323 e. The Morgan fingerprint density at radius 3 is 2.42 bits per heavy atom. The fourth-order valence-corrected chi connectivity index (χ4v) is 1.88. The number of nitrogens with zero attached hydrogens (tertiary/aromatic N) is 3. The van der Waals surface area contributed by atoms with Crippen molar-refractivity contribution in [2.24, 2.45) is 7.05 Å². The second-order valence-corrected chi connectivity index (χ2v) is 5.01. The first-order valence-corrected chi connectivity index (χ1v) is 6.16. The molecule has 19 heavy (non-hydrogen) atoms. The highest BCUT2D eigenvalue weighted by Crippen LogP contribution is 2.14. The zero-order valence-corrected chi connectivity index (χ0v) is 12.0. The Hall–Kier alpha value is -1.53. The zero-order chi connectivity index (χ0) is 14.6. The van der Waals surface area contributed by atoms with E-state index < -0.39 is 5.97 Å². The Bertz CT molecular complexity index is 471. The number of carboxylic acid groups (broad SMARTS) is 1. The van der Waals surface area contributed by atoms with Crippen LogP contribution in [0.4, 0.5) is 0 Å². The number of carbonyl (C=O) groups is 2.